The fraction of sp³-hybridized carbons (Fsp3) is 0.522. The maximum atomic E-state index is 13.0. The van der Waals surface area contributed by atoms with Crippen LogP contribution < -0.4 is 21.3 Å². The number of hydrogen-bond donors (Lipinski definition) is 2. The molecule has 0 radical (unpaired) electrons. The predicted octanol–water partition coefficient (Wildman–Crippen LogP) is 1.93. The summed E-state index contributed by atoms with van der Waals surface area (Å²) < 4.78 is 9.86. The summed E-state index contributed by atoms with van der Waals surface area (Å²) in [7, 11) is 3.05. The minimum atomic E-state index is -0.873. The lowest BCUT2D eigenvalue weighted by atomic mass is 9.96. The number of nitrogens with zero attached hydrogens (tertiary/aromatic N) is 4. The van der Waals surface area contributed by atoms with Crippen molar-refractivity contribution in [3.63, 3.8) is 0 Å². The predicted molar refractivity (Wildman–Crippen MR) is 123 cm³/mol. The molecule has 2 N–H and O–H groups in total. The number of imidazole rings is 1. The summed E-state index contributed by atoms with van der Waals surface area (Å²) >= 11 is 0. The molecular formula is C23H31N5O4. The highest BCUT2D eigenvalue weighted by atomic mass is 16.5. The lowest BCUT2D eigenvalue weighted by Crippen LogP contribution is -2.38. The summed E-state index contributed by atoms with van der Waals surface area (Å²) in [5.74, 6) is 1.17. The molecule has 2 heterocycles. The highest BCUT2D eigenvalue weighted by Crippen LogP contribution is 2.23. The van der Waals surface area contributed by atoms with Gasteiger partial charge in [-0.15, -0.1) is 0 Å². The number of aliphatic hydroxyl groups excluding tert-OH is 1. The van der Waals surface area contributed by atoms with E-state index < -0.39 is 17.4 Å². The van der Waals surface area contributed by atoms with Crippen molar-refractivity contribution in [2.24, 2.45) is 14.1 Å². The van der Waals surface area contributed by atoms with Crippen LogP contribution in [0.3, 0.4) is 0 Å². The van der Waals surface area contributed by atoms with E-state index in [2.05, 4.69) is 10.3 Å². The second-order valence-electron chi connectivity index (χ2n) is 8.68. The molecule has 9 heteroatoms. The van der Waals surface area contributed by atoms with E-state index in [9.17, 15) is 14.7 Å². The molecule has 0 spiro atoms. The Morgan fingerprint density at radius 2 is 1.81 bits per heavy atom. The van der Waals surface area contributed by atoms with Crippen molar-refractivity contribution < 1.29 is 9.84 Å². The molecular weight excluding hydrogens is 410 g/mol. The van der Waals surface area contributed by atoms with E-state index in [4.69, 9.17) is 4.74 Å². The van der Waals surface area contributed by atoms with Gasteiger partial charge < -0.3 is 19.7 Å². The largest absolute Gasteiger partial charge is 0.491 e. The summed E-state index contributed by atoms with van der Waals surface area (Å²) in [5.41, 5.74) is 0.867. The topological polar surface area (TPSA) is 103 Å². The van der Waals surface area contributed by atoms with Crippen LogP contribution in [0, 0.1) is 6.92 Å². The van der Waals surface area contributed by atoms with E-state index in [1.165, 1.54) is 18.0 Å². The van der Waals surface area contributed by atoms with E-state index in [1.54, 1.807) is 11.6 Å². The van der Waals surface area contributed by atoms with E-state index in [-0.39, 0.29) is 19.2 Å². The monoisotopic (exact) mass is 441 g/mol. The Bertz CT molecular complexity index is 1200. The second-order valence-corrected chi connectivity index (χ2v) is 8.68. The normalized spacial score (nSPS) is 15.8. The van der Waals surface area contributed by atoms with Crippen molar-refractivity contribution in [1.82, 2.24) is 18.7 Å². The van der Waals surface area contributed by atoms with Gasteiger partial charge in [0.1, 0.15) is 18.5 Å². The number of aromatic nitrogens is 4. The molecule has 0 unspecified atom stereocenters. The first-order chi connectivity index (χ1) is 15.3. The van der Waals surface area contributed by atoms with Crippen LogP contribution in [-0.2, 0) is 20.6 Å². The highest BCUT2D eigenvalue weighted by Gasteiger charge is 2.23. The van der Waals surface area contributed by atoms with Gasteiger partial charge in [-0.05, 0) is 31.9 Å². The minimum absolute atomic E-state index is 0.0671. The zero-order chi connectivity index (χ0) is 22.8. The lowest BCUT2D eigenvalue weighted by Gasteiger charge is -2.24. The minimum Gasteiger partial charge on any atom is -0.491 e. The quantitative estimate of drug-likeness (QED) is 0.581. The Hall–Kier alpha value is -3.07. The zero-order valence-electron chi connectivity index (χ0n) is 18.9. The van der Waals surface area contributed by atoms with E-state index in [0.29, 0.717) is 22.9 Å². The van der Waals surface area contributed by atoms with Crippen molar-refractivity contribution in [3.8, 4) is 5.75 Å². The number of fused-ring (bicyclic) bond motifs is 1. The number of rotatable bonds is 7. The van der Waals surface area contributed by atoms with Crippen LogP contribution in [0.5, 0.6) is 5.75 Å². The summed E-state index contributed by atoms with van der Waals surface area (Å²) in [6.45, 7) is 2.18. The van der Waals surface area contributed by atoms with Crippen LogP contribution >= 0.6 is 0 Å². The molecule has 2 aromatic heterocycles. The molecule has 3 aromatic rings. The summed E-state index contributed by atoms with van der Waals surface area (Å²) in [6, 6.07) is 7.86. The second kappa shape index (κ2) is 9.20. The fourth-order valence-corrected chi connectivity index (χ4v) is 4.25. The number of anilines is 1. The Balaban J connectivity index is 1.65. The smallest absolute Gasteiger partial charge is 0.332 e. The molecule has 0 aliphatic heterocycles. The van der Waals surface area contributed by atoms with Crippen LogP contribution in [-0.4, -0.2) is 42.5 Å². The number of ether oxygens (including phenoxy) is 1. The van der Waals surface area contributed by atoms with Crippen LogP contribution in [0.4, 0.5) is 5.95 Å². The van der Waals surface area contributed by atoms with E-state index in [1.807, 2.05) is 31.2 Å². The first kappa shape index (κ1) is 22.1. The molecule has 1 aromatic carbocycles. The molecule has 9 nitrogen and oxygen atoms in total. The van der Waals surface area contributed by atoms with Gasteiger partial charge in [0.15, 0.2) is 11.2 Å². The zero-order valence-corrected chi connectivity index (χ0v) is 18.9. The van der Waals surface area contributed by atoms with Crippen molar-refractivity contribution in [2.45, 2.75) is 57.7 Å². The lowest BCUT2D eigenvalue weighted by molar-refractivity contribution is 0.0937. The third-order valence-corrected chi connectivity index (χ3v) is 6.14. The highest BCUT2D eigenvalue weighted by molar-refractivity contribution is 5.74. The van der Waals surface area contributed by atoms with Gasteiger partial charge in [-0.1, -0.05) is 37.0 Å². The van der Waals surface area contributed by atoms with Crippen molar-refractivity contribution in [3.05, 3.63) is 50.7 Å². The third kappa shape index (κ3) is 4.43. The number of aryl methyl sites for hydroxylation is 2. The molecule has 0 bridgehead atoms. The first-order valence-electron chi connectivity index (χ1n) is 11.2. The first-order valence-corrected chi connectivity index (χ1v) is 11.2. The van der Waals surface area contributed by atoms with Gasteiger partial charge in [-0.2, -0.15) is 4.98 Å². The van der Waals surface area contributed by atoms with Crippen molar-refractivity contribution >= 4 is 17.1 Å². The SMILES string of the molecule is Cc1ccc(OC[C@H](O)Cn2c(NC3CCCCC3)nc3c2c(=O)n(C)c(=O)n3C)cc1. The van der Waals surface area contributed by atoms with E-state index >= 15 is 0 Å². The van der Waals surface area contributed by atoms with Crippen LogP contribution in [0.15, 0.2) is 33.9 Å². The van der Waals surface area contributed by atoms with Gasteiger partial charge in [-0.25, -0.2) is 4.79 Å². The third-order valence-electron chi connectivity index (χ3n) is 6.14. The average Bonchev–Trinajstić information content (AvgIpc) is 3.14. The molecule has 1 atom stereocenters. The fourth-order valence-electron chi connectivity index (χ4n) is 4.25. The van der Waals surface area contributed by atoms with Gasteiger partial charge in [0.05, 0.1) is 6.54 Å². The maximum Gasteiger partial charge on any atom is 0.332 e. The molecule has 172 valence electrons. The molecule has 0 saturated heterocycles. The Kier molecular flexibility index (Phi) is 6.36. The van der Waals surface area contributed by atoms with Gasteiger partial charge in [0.2, 0.25) is 5.95 Å². The Morgan fingerprint density at radius 1 is 1.12 bits per heavy atom. The van der Waals surface area contributed by atoms with E-state index in [0.717, 1.165) is 35.8 Å². The van der Waals surface area contributed by atoms with Crippen LogP contribution in [0.25, 0.3) is 11.2 Å². The van der Waals surface area contributed by atoms with Gasteiger partial charge in [0, 0.05) is 20.1 Å². The molecule has 32 heavy (non-hydrogen) atoms. The Morgan fingerprint density at radius 3 is 2.50 bits per heavy atom. The summed E-state index contributed by atoms with van der Waals surface area (Å²) in [5, 5.41) is 14.2. The van der Waals surface area contributed by atoms with Crippen LogP contribution in [0.2, 0.25) is 0 Å². The Labute approximate surface area is 186 Å². The molecule has 1 aliphatic rings. The van der Waals surface area contributed by atoms with Crippen molar-refractivity contribution in [1.29, 1.82) is 0 Å². The number of benzene rings is 1. The van der Waals surface area contributed by atoms with Gasteiger partial charge >= 0.3 is 5.69 Å². The number of hydrogen-bond acceptors (Lipinski definition) is 6. The number of nitrogens with one attached hydrogen (secondary N) is 1. The molecule has 0 amide bonds. The van der Waals surface area contributed by atoms with Gasteiger partial charge in [-0.3, -0.25) is 13.9 Å². The standard InChI is InChI=1S/C23H31N5O4/c1-15-9-11-18(12-10-15)32-14-17(29)13-28-19-20(26(2)23(31)27(3)21(19)30)25-22(28)24-16-7-5-4-6-8-16/h9-12,16-17,29H,4-8,13-14H2,1-3H3,(H,24,25)/t17-/m1/s1. The summed E-state index contributed by atoms with van der Waals surface area (Å²) in [6.07, 6.45) is 4.69. The molecule has 1 fully saturated rings. The summed E-state index contributed by atoms with van der Waals surface area (Å²) in [4.78, 5) is 30.0. The maximum absolute atomic E-state index is 13.0. The molecule has 1 saturated carbocycles. The average molecular weight is 442 g/mol. The molecule has 1 aliphatic carbocycles. The number of aliphatic hydroxyl groups is 1. The molecule has 4 rings (SSSR count). The van der Waals surface area contributed by atoms with Crippen LogP contribution in [0.1, 0.15) is 37.7 Å². The van der Waals surface area contributed by atoms with Crippen molar-refractivity contribution in [2.75, 3.05) is 11.9 Å². The van der Waals surface area contributed by atoms with Gasteiger partial charge in [0.25, 0.3) is 5.56 Å².